The van der Waals surface area contributed by atoms with Gasteiger partial charge >= 0.3 is 5.97 Å². The van der Waals surface area contributed by atoms with Crippen LogP contribution in [0.2, 0.25) is 0 Å². The molecule has 1 atom stereocenters. The van der Waals surface area contributed by atoms with Crippen LogP contribution < -0.4 is 20.1 Å². The van der Waals surface area contributed by atoms with Gasteiger partial charge in [-0.3, -0.25) is 18.4 Å². The van der Waals surface area contributed by atoms with Gasteiger partial charge in [0.05, 0.1) is 51.5 Å². The molecule has 1 aliphatic heterocycles. The highest BCUT2D eigenvalue weighted by molar-refractivity contribution is 7.45. The number of anilines is 1. The number of fused-ring (bicyclic) bond motifs is 2. The molecule has 1 aliphatic rings. The Morgan fingerprint density at radius 1 is 1.09 bits per heavy atom. The van der Waals surface area contributed by atoms with Crippen LogP contribution in [0.3, 0.4) is 0 Å². The van der Waals surface area contributed by atoms with Crippen molar-refractivity contribution in [1.29, 1.82) is 0 Å². The molecule has 0 bridgehead atoms. The Hall–Kier alpha value is -3.25. The summed E-state index contributed by atoms with van der Waals surface area (Å²) in [5.41, 5.74) is 1.73. The minimum Gasteiger partial charge on any atom is -0.756 e. The minimum absolute atomic E-state index is 0.0843. The highest BCUT2D eigenvalue weighted by Crippen LogP contribution is 2.40. The van der Waals surface area contributed by atoms with E-state index >= 15 is 0 Å². The van der Waals surface area contributed by atoms with Crippen LogP contribution in [-0.2, 0) is 23.1 Å². The summed E-state index contributed by atoms with van der Waals surface area (Å²) >= 11 is 1.71. The average molecular weight is 630 g/mol. The summed E-state index contributed by atoms with van der Waals surface area (Å²) in [4.78, 5) is 40.9. The van der Waals surface area contributed by atoms with Gasteiger partial charge in [0.1, 0.15) is 5.75 Å². The molecule has 5 rings (SSSR count). The molecule has 0 aliphatic carbocycles. The highest BCUT2D eigenvalue weighted by atomic mass is 32.1. The van der Waals surface area contributed by atoms with Gasteiger partial charge in [-0.2, -0.15) is 0 Å². The van der Waals surface area contributed by atoms with E-state index in [4.69, 9.17) is 18.5 Å². The normalized spacial score (nSPS) is 16.3. The quantitative estimate of drug-likeness (QED) is 0.0941. The Morgan fingerprint density at radius 2 is 1.91 bits per heavy atom. The number of rotatable bonds is 14. The number of phosphoric ester groups is 1. The predicted molar refractivity (Wildman–Crippen MR) is 164 cm³/mol. The van der Waals surface area contributed by atoms with E-state index in [2.05, 4.69) is 39.5 Å². The number of unbranched alkanes of at least 4 members (excludes halogenated alkanes) is 1. The zero-order chi connectivity index (χ0) is 30.3. The number of esters is 1. The van der Waals surface area contributed by atoms with Gasteiger partial charge in [0.25, 0.3) is 7.82 Å². The first-order valence-corrected chi connectivity index (χ1v) is 16.7. The number of thiophene rings is 1. The van der Waals surface area contributed by atoms with Gasteiger partial charge in [-0.05, 0) is 66.9 Å². The number of pyridine rings is 1. The Morgan fingerprint density at radius 3 is 2.72 bits per heavy atom. The number of benzene rings is 2. The van der Waals surface area contributed by atoms with Crippen molar-refractivity contribution in [2.45, 2.75) is 19.8 Å². The molecule has 1 saturated heterocycles. The van der Waals surface area contributed by atoms with Crippen molar-refractivity contribution in [3.8, 4) is 5.75 Å². The van der Waals surface area contributed by atoms with Gasteiger partial charge in [0, 0.05) is 27.9 Å². The molecule has 1 unspecified atom stereocenters. The molecule has 43 heavy (non-hydrogen) atoms. The van der Waals surface area contributed by atoms with E-state index in [-0.39, 0.29) is 18.9 Å². The van der Waals surface area contributed by atoms with E-state index in [0.29, 0.717) is 36.5 Å². The van der Waals surface area contributed by atoms with E-state index in [9.17, 15) is 19.0 Å². The van der Waals surface area contributed by atoms with Crippen molar-refractivity contribution < 1.29 is 37.3 Å². The first-order chi connectivity index (χ1) is 20.8. The lowest BCUT2D eigenvalue weighted by Crippen LogP contribution is -2.61. The molecule has 0 radical (unpaired) electrons. The summed E-state index contributed by atoms with van der Waals surface area (Å²) in [5, 5.41) is 4.23. The number of quaternary nitrogens is 1. The largest absolute Gasteiger partial charge is 0.756 e. The molecule has 13 heteroatoms. The maximum absolute atomic E-state index is 12.5. The van der Waals surface area contributed by atoms with Crippen LogP contribution in [0.25, 0.3) is 21.0 Å². The van der Waals surface area contributed by atoms with Crippen molar-refractivity contribution >= 4 is 51.8 Å². The van der Waals surface area contributed by atoms with Gasteiger partial charge in [-0.1, -0.05) is 6.07 Å². The maximum Gasteiger partial charge on any atom is 0.332 e. The van der Waals surface area contributed by atoms with E-state index < -0.39 is 20.4 Å². The zero-order valence-corrected chi connectivity index (χ0v) is 25.8. The van der Waals surface area contributed by atoms with Crippen LogP contribution in [-0.4, -0.2) is 74.7 Å². The van der Waals surface area contributed by atoms with Crippen LogP contribution in [0.15, 0.2) is 64.8 Å². The summed E-state index contributed by atoms with van der Waals surface area (Å²) in [6, 6.07) is 17.3. The van der Waals surface area contributed by atoms with Crippen LogP contribution in [0.5, 0.6) is 5.75 Å². The second kappa shape index (κ2) is 14.0. The average Bonchev–Trinajstić information content (AvgIpc) is 3.49. The number of nitrogens with one attached hydrogen (secondary N) is 1. The molecule has 2 aromatic heterocycles. The summed E-state index contributed by atoms with van der Waals surface area (Å²) in [6.45, 7) is 4.94. The molecule has 3 heterocycles. The molecule has 0 amide bonds. The molecular weight excluding hydrogens is 593 g/mol. The van der Waals surface area contributed by atoms with Crippen molar-refractivity contribution in [1.82, 2.24) is 4.98 Å². The molecule has 1 fully saturated rings. The number of ether oxygens (including phenoxy) is 2. The number of piperazine rings is 1. The number of nitrogens with zero attached hydrogens (tertiary/aromatic N) is 2. The van der Waals surface area contributed by atoms with Crippen molar-refractivity contribution in [2.24, 2.45) is 0 Å². The standard InChI is InChI=1S/C30H36N3O8PS/c1-2-38-30(35)21-40-42(36,37)41-22-33(16-13-32(14-17-33)27-6-5-7-28-25(27)12-19-43-28)15-3-4-18-39-24-10-8-23-9-11-29(34)31-26(23)20-24/h5-12,19-20H,2-4,13-18,21-22H2,1H3,(H-,31,34,36,37). The second-order valence-corrected chi connectivity index (χ2v) is 12.9. The van der Waals surface area contributed by atoms with Crippen LogP contribution >= 0.6 is 19.2 Å². The Kier molecular flexibility index (Phi) is 10.2. The fraction of sp³-hybridized carbons (Fsp3) is 0.400. The van der Waals surface area contributed by atoms with Crippen molar-refractivity contribution in [2.75, 3.05) is 64.2 Å². The molecule has 0 spiro atoms. The second-order valence-electron chi connectivity index (χ2n) is 10.5. The van der Waals surface area contributed by atoms with Gasteiger partial charge in [0.2, 0.25) is 5.56 Å². The Bertz CT molecular complexity index is 1650. The van der Waals surface area contributed by atoms with E-state index in [1.165, 1.54) is 21.8 Å². The van der Waals surface area contributed by atoms with E-state index in [0.717, 1.165) is 36.8 Å². The number of carbonyl (C=O) groups is 1. The molecule has 2 aromatic carbocycles. The maximum atomic E-state index is 12.5. The molecule has 230 valence electrons. The lowest BCUT2D eigenvalue weighted by atomic mass is 10.1. The van der Waals surface area contributed by atoms with Crippen LogP contribution in [0.4, 0.5) is 5.69 Å². The first kappa shape index (κ1) is 31.2. The van der Waals surface area contributed by atoms with E-state index in [1.54, 1.807) is 24.3 Å². The third-order valence-corrected chi connectivity index (χ3v) is 9.39. The zero-order valence-electron chi connectivity index (χ0n) is 24.1. The number of phosphoric acid groups is 1. The third-order valence-electron chi connectivity index (χ3n) is 7.63. The van der Waals surface area contributed by atoms with E-state index in [1.807, 2.05) is 18.2 Å². The van der Waals surface area contributed by atoms with Crippen LogP contribution in [0, 0.1) is 0 Å². The number of carbonyl (C=O) groups excluding carboxylic acids is 1. The van der Waals surface area contributed by atoms with Crippen LogP contribution in [0.1, 0.15) is 19.8 Å². The summed E-state index contributed by atoms with van der Waals surface area (Å²) in [7, 11) is -4.71. The number of aromatic amines is 1. The fourth-order valence-electron chi connectivity index (χ4n) is 5.32. The van der Waals surface area contributed by atoms with Gasteiger partial charge in [-0.25, -0.2) is 4.79 Å². The number of hydrogen-bond acceptors (Lipinski definition) is 10. The predicted octanol–water partition coefficient (Wildman–Crippen LogP) is 4.26. The summed E-state index contributed by atoms with van der Waals surface area (Å²) in [5.74, 6) is -0.0936. The monoisotopic (exact) mass is 629 g/mol. The lowest BCUT2D eigenvalue weighted by molar-refractivity contribution is -0.943. The molecule has 4 aromatic rings. The highest BCUT2D eigenvalue weighted by Gasteiger charge is 2.35. The summed E-state index contributed by atoms with van der Waals surface area (Å²) in [6.07, 6.45) is 1.52. The van der Waals surface area contributed by atoms with Gasteiger partial charge in [0.15, 0.2) is 13.3 Å². The Labute approximate surface area is 253 Å². The fourth-order valence-corrected chi connectivity index (χ4v) is 6.86. The third kappa shape index (κ3) is 8.23. The SMILES string of the molecule is CCOC(=O)COP(=O)([O-])OC[N+]1(CCCCOc2ccc3ccc(=O)[nH]c3c2)CCN(c2cccc3sccc23)CC1. The topological polar surface area (TPSA) is 130 Å². The molecular formula is C30H36N3O8PS. The smallest absolute Gasteiger partial charge is 0.332 e. The number of aromatic nitrogens is 1. The van der Waals surface area contributed by atoms with Crippen molar-refractivity contribution in [3.63, 3.8) is 0 Å². The molecule has 1 N–H and O–H groups in total. The number of H-pyrrole nitrogens is 1. The van der Waals surface area contributed by atoms with Gasteiger partial charge in [-0.15, -0.1) is 11.3 Å². The lowest BCUT2D eigenvalue weighted by Gasteiger charge is -2.45. The molecule has 0 saturated carbocycles. The van der Waals surface area contributed by atoms with Gasteiger partial charge < -0.3 is 28.8 Å². The summed E-state index contributed by atoms with van der Waals surface area (Å²) < 4.78 is 35.0. The minimum atomic E-state index is -4.71. The number of hydrogen-bond donors (Lipinski definition) is 1. The Balaban J connectivity index is 1.19. The van der Waals surface area contributed by atoms with Crippen molar-refractivity contribution in [3.05, 3.63) is 70.3 Å². The first-order valence-electron chi connectivity index (χ1n) is 14.3. The molecule has 11 nitrogen and oxygen atoms in total.